The van der Waals surface area contributed by atoms with Crippen LogP contribution in [0.3, 0.4) is 0 Å². The first-order valence-electron chi connectivity index (χ1n) is 9.02. The van der Waals surface area contributed by atoms with E-state index >= 15 is 0 Å². The van der Waals surface area contributed by atoms with Gasteiger partial charge >= 0.3 is 5.97 Å². The predicted molar refractivity (Wildman–Crippen MR) is 111 cm³/mol. The van der Waals surface area contributed by atoms with E-state index in [1.54, 1.807) is 12.3 Å². The normalized spacial score (nSPS) is 19.3. The molecular weight excluding hydrogens is 394 g/mol. The van der Waals surface area contributed by atoms with Crippen LogP contribution in [-0.4, -0.2) is 54.3 Å². The molecule has 1 aliphatic heterocycles. The summed E-state index contributed by atoms with van der Waals surface area (Å²) >= 11 is 0. The van der Waals surface area contributed by atoms with Crippen LogP contribution >= 0.6 is 0 Å². The second kappa shape index (κ2) is 8.58. The van der Waals surface area contributed by atoms with Crippen LogP contribution in [-0.2, 0) is 21.2 Å². The number of carbonyl (C=O) groups is 1. The largest absolute Gasteiger partial charge is 0.478 e. The maximum Gasteiger partial charge on any atom is 0.328 e. The minimum atomic E-state index is -3.34. The summed E-state index contributed by atoms with van der Waals surface area (Å²) in [6.45, 7) is 1.57. The number of hydrogen-bond acceptors (Lipinski definition) is 7. The summed E-state index contributed by atoms with van der Waals surface area (Å²) in [6.07, 6.45) is 8.12. The van der Waals surface area contributed by atoms with Gasteiger partial charge in [-0.1, -0.05) is 12.1 Å². The maximum atomic E-state index is 11.5. The molecule has 0 bridgehead atoms. The number of hydrogen-bond donors (Lipinski definition) is 4. The fourth-order valence-electron chi connectivity index (χ4n) is 3.31. The highest BCUT2D eigenvalue weighted by Crippen LogP contribution is 2.26. The van der Waals surface area contributed by atoms with Crippen molar-refractivity contribution >= 4 is 33.6 Å². The van der Waals surface area contributed by atoms with Crippen molar-refractivity contribution in [3.63, 3.8) is 0 Å². The van der Waals surface area contributed by atoms with Crippen molar-refractivity contribution in [2.75, 3.05) is 29.4 Å². The molecule has 0 unspecified atom stereocenters. The molecule has 1 aliphatic rings. The molecule has 29 heavy (non-hydrogen) atoms. The van der Waals surface area contributed by atoms with Crippen molar-refractivity contribution in [3.8, 4) is 0 Å². The quantitative estimate of drug-likeness (QED) is 0.473. The third kappa shape index (κ3) is 6.26. The molecule has 1 atom stereocenters. The van der Waals surface area contributed by atoms with Crippen LogP contribution < -0.4 is 15.4 Å². The minimum absolute atomic E-state index is 0.295. The highest BCUT2D eigenvalue weighted by atomic mass is 32.2. The topological polar surface area (TPSA) is 133 Å². The van der Waals surface area contributed by atoms with E-state index in [1.165, 1.54) is 12.3 Å². The van der Waals surface area contributed by atoms with Gasteiger partial charge in [0.1, 0.15) is 5.82 Å². The molecule has 0 amide bonds. The van der Waals surface area contributed by atoms with E-state index in [2.05, 4.69) is 25.3 Å². The van der Waals surface area contributed by atoms with Crippen LogP contribution in [0.1, 0.15) is 17.7 Å². The number of carboxylic acid groups (broad SMARTS) is 1. The van der Waals surface area contributed by atoms with Crippen molar-refractivity contribution < 1.29 is 18.3 Å². The summed E-state index contributed by atoms with van der Waals surface area (Å²) in [4.78, 5) is 19.1. The monoisotopic (exact) mass is 417 g/mol. The van der Waals surface area contributed by atoms with Crippen LogP contribution in [0.5, 0.6) is 0 Å². The molecule has 9 nitrogen and oxygen atoms in total. The molecule has 0 saturated carbocycles. The summed E-state index contributed by atoms with van der Waals surface area (Å²) in [7, 11) is -3.34. The van der Waals surface area contributed by atoms with Crippen LogP contribution in [0.15, 0.2) is 42.7 Å². The van der Waals surface area contributed by atoms with Crippen molar-refractivity contribution in [2.45, 2.75) is 18.4 Å². The number of carboxylic acids is 1. The van der Waals surface area contributed by atoms with E-state index in [4.69, 9.17) is 5.11 Å². The van der Waals surface area contributed by atoms with E-state index in [0.717, 1.165) is 37.4 Å². The molecule has 0 spiro atoms. The number of aromatic nitrogens is 2. The van der Waals surface area contributed by atoms with E-state index in [-0.39, 0.29) is 5.54 Å². The highest BCUT2D eigenvalue weighted by molar-refractivity contribution is 7.92. The van der Waals surface area contributed by atoms with E-state index in [0.29, 0.717) is 23.6 Å². The summed E-state index contributed by atoms with van der Waals surface area (Å²) in [5.74, 6) is -0.454. The number of anilines is 2. The molecule has 0 aliphatic carbocycles. The Hall–Kier alpha value is -2.98. The SMILES string of the molecule is CS(=O)(=O)Nc1cccc(C[C@@]2(Nc3cnc(/C=C/C(=O)O)cn3)CCNC2)c1. The first-order valence-corrected chi connectivity index (χ1v) is 10.9. The Balaban J connectivity index is 1.75. The summed E-state index contributed by atoms with van der Waals surface area (Å²) in [5, 5.41) is 15.5. The zero-order valence-electron chi connectivity index (χ0n) is 15.9. The first-order chi connectivity index (χ1) is 13.7. The summed E-state index contributed by atoms with van der Waals surface area (Å²) < 4.78 is 25.5. The molecular formula is C19H23N5O4S. The maximum absolute atomic E-state index is 11.5. The van der Waals surface area contributed by atoms with Crippen molar-refractivity contribution in [1.29, 1.82) is 0 Å². The predicted octanol–water partition coefficient (Wildman–Crippen LogP) is 1.33. The van der Waals surface area contributed by atoms with E-state index < -0.39 is 16.0 Å². The molecule has 2 heterocycles. The van der Waals surface area contributed by atoms with Crippen LogP contribution in [0.4, 0.5) is 11.5 Å². The molecule has 2 aromatic rings. The Morgan fingerprint density at radius 3 is 2.79 bits per heavy atom. The van der Waals surface area contributed by atoms with Crippen LogP contribution in [0, 0.1) is 0 Å². The van der Waals surface area contributed by atoms with Gasteiger partial charge in [0, 0.05) is 18.3 Å². The number of rotatable bonds is 8. The molecule has 1 aromatic carbocycles. The Labute approximate surface area is 169 Å². The molecule has 1 saturated heterocycles. The average Bonchev–Trinajstić information content (AvgIpc) is 3.08. The third-order valence-corrected chi connectivity index (χ3v) is 5.08. The fourth-order valence-corrected chi connectivity index (χ4v) is 3.87. The Bertz CT molecular complexity index is 1000. The molecule has 4 N–H and O–H groups in total. The van der Waals surface area contributed by atoms with Gasteiger partial charge in [-0.2, -0.15) is 0 Å². The lowest BCUT2D eigenvalue weighted by molar-refractivity contribution is -0.131. The number of sulfonamides is 1. The number of nitrogens with zero attached hydrogens (tertiary/aromatic N) is 2. The average molecular weight is 417 g/mol. The smallest absolute Gasteiger partial charge is 0.328 e. The summed E-state index contributed by atoms with van der Waals surface area (Å²) in [6, 6.07) is 7.32. The Morgan fingerprint density at radius 1 is 1.34 bits per heavy atom. The Kier molecular flexibility index (Phi) is 6.14. The third-order valence-electron chi connectivity index (χ3n) is 4.48. The molecule has 10 heteroatoms. The van der Waals surface area contributed by atoms with Gasteiger partial charge in [0.15, 0.2) is 0 Å². The fraction of sp³-hybridized carbons (Fsp3) is 0.316. The lowest BCUT2D eigenvalue weighted by Gasteiger charge is -2.30. The van der Waals surface area contributed by atoms with Gasteiger partial charge in [-0.15, -0.1) is 0 Å². The second-order valence-electron chi connectivity index (χ2n) is 7.08. The number of aliphatic carboxylic acids is 1. The van der Waals surface area contributed by atoms with Gasteiger partial charge in [0.2, 0.25) is 10.0 Å². The van der Waals surface area contributed by atoms with E-state index in [9.17, 15) is 13.2 Å². The van der Waals surface area contributed by atoms with Gasteiger partial charge in [-0.25, -0.2) is 18.2 Å². The van der Waals surface area contributed by atoms with Crippen LogP contribution in [0.2, 0.25) is 0 Å². The van der Waals surface area contributed by atoms with Crippen molar-refractivity contribution in [1.82, 2.24) is 15.3 Å². The zero-order chi connectivity index (χ0) is 20.9. The van der Waals surface area contributed by atoms with Crippen LogP contribution in [0.25, 0.3) is 6.08 Å². The molecule has 1 fully saturated rings. The van der Waals surface area contributed by atoms with Gasteiger partial charge < -0.3 is 15.7 Å². The molecule has 1 aromatic heterocycles. The van der Waals surface area contributed by atoms with Gasteiger partial charge in [-0.3, -0.25) is 9.71 Å². The molecule has 154 valence electrons. The molecule has 0 radical (unpaired) electrons. The van der Waals surface area contributed by atoms with Gasteiger partial charge in [0.05, 0.1) is 29.9 Å². The van der Waals surface area contributed by atoms with Gasteiger partial charge in [0.25, 0.3) is 0 Å². The number of nitrogens with one attached hydrogen (secondary N) is 3. The molecule has 3 rings (SSSR count). The highest BCUT2D eigenvalue weighted by Gasteiger charge is 2.34. The van der Waals surface area contributed by atoms with Crippen molar-refractivity contribution in [3.05, 3.63) is 54.0 Å². The van der Waals surface area contributed by atoms with E-state index in [1.807, 2.05) is 18.2 Å². The van der Waals surface area contributed by atoms with Crippen molar-refractivity contribution in [2.24, 2.45) is 0 Å². The Morgan fingerprint density at radius 2 is 2.17 bits per heavy atom. The number of benzene rings is 1. The first kappa shape index (κ1) is 20.7. The zero-order valence-corrected chi connectivity index (χ0v) is 16.7. The lowest BCUT2D eigenvalue weighted by atomic mass is 9.89. The minimum Gasteiger partial charge on any atom is -0.478 e. The van der Waals surface area contributed by atoms with Gasteiger partial charge in [-0.05, 0) is 43.2 Å². The second-order valence-corrected chi connectivity index (χ2v) is 8.83. The lowest BCUT2D eigenvalue weighted by Crippen LogP contribution is -2.43. The standard InChI is InChI=1S/C19H23N5O4S/c1-29(27,28)24-15-4-2-3-14(9-15)10-19(7-8-20-13-19)23-17-12-21-16(11-22-17)5-6-18(25)26/h2-6,9,11-12,20,24H,7-8,10,13H2,1H3,(H,22,23)(H,25,26)/b6-5+/t19-/m0/s1. The summed E-state index contributed by atoms with van der Waals surface area (Å²) in [5.41, 5.74) is 1.68.